The second-order valence-corrected chi connectivity index (χ2v) is 10.6. The van der Waals surface area contributed by atoms with E-state index in [0.717, 1.165) is 12.8 Å². The Kier molecular flexibility index (Phi) is 8.03. The first-order chi connectivity index (χ1) is 15.5. The number of likely N-dealkylation sites (tertiary alicyclic amines) is 1. The van der Waals surface area contributed by atoms with Crippen molar-refractivity contribution >= 4 is 17.9 Å². The fourth-order valence-electron chi connectivity index (χ4n) is 4.37. The standard InChI is InChI=1S/C26H39N3O4/c1-19(2)21-6-8-22(9-7-21)24(31)28-16-14-27(15-17-28)23(30)18-20-10-12-29(13-11-20)25(32)33-26(3,4)5/h6-9,19-20H,10-18H2,1-5H3. The summed E-state index contributed by atoms with van der Waals surface area (Å²) in [4.78, 5) is 43.3. The first kappa shape index (κ1) is 25.1. The van der Waals surface area contributed by atoms with Gasteiger partial charge >= 0.3 is 6.09 Å². The number of carbonyl (C=O) groups excluding carboxylic acids is 3. The average Bonchev–Trinajstić information content (AvgIpc) is 2.78. The highest BCUT2D eigenvalue weighted by Gasteiger charge is 2.30. The van der Waals surface area contributed by atoms with Crippen molar-refractivity contribution in [3.63, 3.8) is 0 Å². The van der Waals surface area contributed by atoms with Gasteiger partial charge in [-0.25, -0.2) is 4.79 Å². The lowest BCUT2D eigenvalue weighted by Gasteiger charge is -2.37. The first-order valence-corrected chi connectivity index (χ1v) is 12.2. The Bertz CT molecular complexity index is 828. The Morgan fingerprint density at radius 1 is 0.879 bits per heavy atom. The van der Waals surface area contributed by atoms with E-state index >= 15 is 0 Å². The molecule has 0 bridgehead atoms. The van der Waals surface area contributed by atoms with Crippen molar-refractivity contribution in [1.29, 1.82) is 0 Å². The number of hydrogen-bond donors (Lipinski definition) is 0. The number of benzene rings is 1. The molecule has 0 saturated carbocycles. The van der Waals surface area contributed by atoms with Gasteiger partial charge in [-0.2, -0.15) is 0 Å². The molecule has 0 radical (unpaired) electrons. The highest BCUT2D eigenvalue weighted by atomic mass is 16.6. The van der Waals surface area contributed by atoms with Crippen LogP contribution >= 0.6 is 0 Å². The summed E-state index contributed by atoms with van der Waals surface area (Å²) in [6.45, 7) is 13.4. The SMILES string of the molecule is CC(C)c1ccc(C(=O)N2CCN(C(=O)CC3CCN(C(=O)OC(C)(C)C)CC3)CC2)cc1. The summed E-state index contributed by atoms with van der Waals surface area (Å²) >= 11 is 0. The molecule has 1 aromatic carbocycles. The zero-order valence-electron chi connectivity index (χ0n) is 20.8. The second kappa shape index (κ2) is 10.6. The van der Waals surface area contributed by atoms with E-state index in [9.17, 15) is 14.4 Å². The van der Waals surface area contributed by atoms with E-state index in [0.29, 0.717) is 57.2 Å². The van der Waals surface area contributed by atoms with Crippen molar-refractivity contribution in [3.8, 4) is 0 Å². The van der Waals surface area contributed by atoms with Crippen LogP contribution in [0.1, 0.15) is 75.7 Å². The molecule has 0 unspecified atom stereocenters. The van der Waals surface area contributed by atoms with Crippen molar-refractivity contribution in [2.24, 2.45) is 5.92 Å². The summed E-state index contributed by atoms with van der Waals surface area (Å²) < 4.78 is 5.45. The van der Waals surface area contributed by atoms with Gasteiger partial charge in [0.25, 0.3) is 5.91 Å². The minimum Gasteiger partial charge on any atom is -0.444 e. The minimum atomic E-state index is -0.495. The number of piperazine rings is 1. The monoisotopic (exact) mass is 457 g/mol. The summed E-state index contributed by atoms with van der Waals surface area (Å²) in [7, 11) is 0. The maximum atomic E-state index is 12.8. The fraction of sp³-hybridized carbons (Fsp3) is 0.654. The zero-order chi connectivity index (χ0) is 24.2. The smallest absolute Gasteiger partial charge is 0.410 e. The van der Waals surface area contributed by atoms with E-state index in [1.54, 1.807) is 4.90 Å². The maximum Gasteiger partial charge on any atom is 0.410 e. The molecule has 2 fully saturated rings. The Labute approximate surface area is 198 Å². The molecule has 0 N–H and O–H groups in total. The number of hydrogen-bond acceptors (Lipinski definition) is 4. The topological polar surface area (TPSA) is 70.2 Å². The number of carbonyl (C=O) groups is 3. The summed E-state index contributed by atoms with van der Waals surface area (Å²) in [5, 5.41) is 0. The molecule has 2 heterocycles. The third-order valence-corrected chi connectivity index (χ3v) is 6.47. The van der Waals surface area contributed by atoms with Gasteiger partial charge in [-0.1, -0.05) is 26.0 Å². The van der Waals surface area contributed by atoms with Gasteiger partial charge in [-0.3, -0.25) is 9.59 Å². The van der Waals surface area contributed by atoms with Gasteiger partial charge in [-0.15, -0.1) is 0 Å². The first-order valence-electron chi connectivity index (χ1n) is 12.2. The van der Waals surface area contributed by atoms with Gasteiger partial charge in [-0.05, 0) is 63.1 Å². The molecule has 3 amide bonds. The quantitative estimate of drug-likeness (QED) is 0.682. The second-order valence-electron chi connectivity index (χ2n) is 10.6. The highest BCUT2D eigenvalue weighted by molar-refractivity contribution is 5.94. The molecule has 33 heavy (non-hydrogen) atoms. The molecule has 0 spiro atoms. The van der Waals surface area contributed by atoms with Gasteiger partial charge in [0.05, 0.1) is 0 Å². The molecule has 0 atom stereocenters. The van der Waals surface area contributed by atoms with E-state index in [4.69, 9.17) is 4.74 Å². The maximum absolute atomic E-state index is 12.8. The molecule has 1 aromatic rings. The lowest BCUT2D eigenvalue weighted by Crippen LogP contribution is -2.51. The van der Waals surface area contributed by atoms with Crippen LogP contribution in [0.2, 0.25) is 0 Å². The van der Waals surface area contributed by atoms with Gasteiger partial charge in [0, 0.05) is 51.3 Å². The van der Waals surface area contributed by atoms with Gasteiger partial charge in [0.1, 0.15) is 5.60 Å². The van der Waals surface area contributed by atoms with Crippen molar-refractivity contribution in [2.75, 3.05) is 39.3 Å². The van der Waals surface area contributed by atoms with E-state index in [-0.39, 0.29) is 23.8 Å². The van der Waals surface area contributed by atoms with Crippen LogP contribution in [-0.2, 0) is 9.53 Å². The lowest BCUT2D eigenvalue weighted by atomic mass is 9.93. The van der Waals surface area contributed by atoms with Gasteiger partial charge < -0.3 is 19.4 Å². The van der Waals surface area contributed by atoms with Crippen LogP contribution < -0.4 is 0 Å². The van der Waals surface area contributed by atoms with Crippen LogP contribution in [0.15, 0.2) is 24.3 Å². The Balaban J connectivity index is 1.42. The molecule has 7 heteroatoms. The lowest BCUT2D eigenvalue weighted by molar-refractivity contribution is -0.134. The Hall–Kier alpha value is -2.57. The molecule has 3 rings (SSSR count). The minimum absolute atomic E-state index is 0.0342. The number of nitrogens with zero attached hydrogens (tertiary/aromatic N) is 3. The fourth-order valence-corrected chi connectivity index (χ4v) is 4.37. The van der Waals surface area contributed by atoms with Crippen LogP contribution in [0, 0.1) is 5.92 Å². The number of ether oxygens (including phenoxy) is 1. The third-order valence-electron chi connectivity index (χ3n) is 6.47. The van der Waals surface area contributed by atoms with Gasteiger partial charge in [0.2, 0.25) is 5.91 Å². The summed E-state index contributed by atoms with van der Waals surface area (Å²) in [5.41, 5.74) is 1.43. The molecule has 2 aliphatic heterocycles. The average molecular weight is 458 g/mol. The Morgan fingerprint density at radius 3 is 1.94 bits per heavy atom. The molecular weight excluding hydrogens is 418 g/mol. The van der Waals surface area contributed by atoms with Crippen LogP contribution in [0.25, 0.3) is 0 Å². The van der Waals surface area contributed by atoms with Crippen molar-refractivity contribution in [2.45, 2.75) is 65.4 Å². The molecule has 0 aliphatic carbocycles. The molecule has 2 aliphatic rings. The molecule has 2 saturated heterocycles. The molecule has 182 valence electrons. The normalized spacial score (nSPS) is 17.9. The van der Waals surface area contributed by atoms with Crippen LogP contribution in [-0.4, -0.2) is 77.5 Å². The predicted octanol–water partition coefficient (Wildman–Crippen LogP) is 4.13. The summed E-state index contributed by atoms with van der Waals surface area (Å²) in [6.07, 6.45) is 1.87. The Morgan fingerprint density at radius 2 is 1.42 bits per heavy atom. The summed E-state index contributed by atoms with van der Waals surface area (Å²) in [6, 6.07) is 7.84. The molecular formula is C26H39N3O4. The predicted molar refractivity (Wildman–Crippen MR) is 128 cm³/mol. The number of rotatable bonds is 4. The molecule has 7 nitrogen and oxygen atoms in total. The number of amides is 3. The van der Waals surface area contributed by atoms with Crippen molar-refractivity contribution in [3.05, 3.63) is 35.4 Å². The van der Waals surface area contributed by atoms with Crippen LogP contribution in [0.4, 0.5) is 4.79 Å². The van der Waals surface area contributed by atoms with Crippen molar-refractivity contribution < 1.29 is 19.1 Å². The largest absolute Gasteiger partial charge is 0.444 e. The van der Waals surface area contributed by atoms with Crippen LogP contribution in [0.5, 0.6) is 0 Å². The van der Waals surface area contributed by atoms with E-state index in [1.807, 2.05) is 54.8 Å². The zero-order valence-corrected chi connectivity index (χ0v) is 20.8. The van der Waals surface area contributed by atoms with Crippen molar-refractivity contribution in [1.82, 2.24) is 14.7 Å². The van der Waals surface area contributed by atoms with E-state index < -0.39 is 5.60 Å². The summed E-state index contributed by atoms with van der Waals surface area (Å²) in [5.74, 6) is 0.912. The number of piperidine rings is 1. The van der Waals surface area contributed by atoms with Gasteiger partial charge in [0.15, 0.2) is 0 Å². The molecule has 0 aromatic heterocycles. The van der Waals surface area contributed by atoms with E-state index in [2.05, 4.69) is 13.8 Å². The highest BCUT2D eigenvalue weighted by Crippen LogP contribution is 2.24. The van der Waals surface area contributed by atoms with E-state index in [1.165, 1.54) is 5.56 Å². The third kappa shape index (κ3) is 6.95. The van der Waals surface area contributed by atoms with Crippen LogP contribution in [0.3, 0.4) is 0 Å².